The van der Waals surface area contributed by atoms with Crippen molar-refractivity contribution in [3.8, 4) is 0 Å². The van der Waals surface area contributed by atoms with Crippen molar-refractivity contribution >= 4 is 11.8 Å². The van der Waals surface area contributed by atoms with Crippen LogP contribution < -0.4 is 34.7 Å². The molecule has 0 saturated carbocycles. The van der Waals surface area contributed by atoms with E-state index in [-0.39, 0.29) is 29.6 Å². The molecule has 0 fully saturated rings. The molecule has 6 heteroatoms. The van der Waals surface area contributed by atoms with Crippen molar-refractivity contribution in [3.05, 3.63) is 35.9 Å². The Morgan fingerprint density at radius 3 is 2.11 bits per heavy atom. The molecule has 1 aromatic carbocycles. The summed E-state index contributed by atoms with van der Waals surface area (Å²) in [5, 5.41) is 25.3. The van der Waals surface area contributed by atoms with Crippen molar-refractivity contribution in [1.29, 1.82) is 0 Å². The van der Waals surface area contributed by atoms with E-state index in [1.807, 2.05) is 37.3 Å². The van der Waals surface area contributed by atoms with Crippen molar-refractivity contribution < 1.29 is 54.5 Å². The van der Waals surface area contributed by atoms with Gasteiger partial charge in [-0.15, -0.1) is 0 Å². The molecule has 0 saturated heterocycles. The molecule has 0 aromatic heterocycles. The Balaban J connectivity index is 0. The van der Waals surface area contributed by atoms with Gasteiger partial charge in [0.1, 0.15) is 11.9 Å². The van der Waals surface area contributed by atoms with Crippen LogP contribution in [0, 0.1) is 0 Å². The summed E-state index contributed by atoms with van der Waals surface area (Å²) in [6.45, 7) is 1.10. The van der Waals surface area contributed by atoms with E-state index in [0.29, 0.717) is 18.6 Å². The maximum atomic E-state index is 11.0. The molecule has 0 spiro atoms. The number of benzene rings is 1. The van der Waals surface area contributed by atoms with Gasteiger partial charge in [-0.25, -0.2) is 0 Å². The normalized spacial score (nSPS) is 10.5. The van der Waals surface area contributed by atoms with Crippen LogP contribution in [0.4, 0.5) is 0 Å². The molecule has 19 heavy (non-hydrogen) atoms. The van der Waals surface area contributed by atoms with E-state index in [9.17, 15) is 14.7 Å². The van der Waals surface area contributed by atoms with Crippen LogP contribution in [0.1, 0.15) is 18.9 Å². The van der Waals surface area contributed by atoms with Crippen molar-refractivity contribution in [2.75, 3.05) is 6.61 Å². The van der Waals surface area contributed by atoms with E-state index in [2.05, 4.69) is 0 Å². The van der Waals surface area contributed by atoms with Crippen molar-refractivity contribution in [3.63, 3.8) is 0 Å². The molecule has 1 rings (SSSR count). The predicted octanol–water partition coefficient (Wildman–Crippen LogP) is -3.70. The third-order valence-corrected chi connectivity index (χ3v) is 2.08. The molecule has 0 bridgehead atoms. The van der Waals surface area contributed by atoms with Gasteiger partial charge in [0.15, 0.2) is 0 Å². The van der Waals surface area contributed by atoms with Crippen LogP contribution in [0.2, 0.25) is 0 Å². The van der Waals surface area contributed by atoms with Gasteiger partial charge in [-0.2, -0.15) is 0 Å². The van der Waals surface area contributed by atoms with E-state index in [4.69, 9.17) is 10.2 Å². The Kier molecular flexibility index (Phi) is 13.4. The summed E-state index contributed by atoms with van der Waals surface area (Å²) < 4.78 is 0. The van der Waals surface area contributed by atoms with Crippen LogP contribution in [0.3, 0.4) is 0 Å². The summed E-state index contributed by atoms with van der Waals surface area (Å²) in [6.07, 6.45) is -0.522. The Bertz CT molecular complexity index is 367. The smallest absolute Gasteiger partial charge is 0.547 e. The van der Waals surface area contributed by atoms with Crippen LogP contribution >= 0.6 is 0 Å². The third kappa shape index (κ3) is 10.9. The van der Waals surface area contributed by atoms with E-state index in [1.165, 1.54) is 0 Å². The number of carbonyl (C=O) groups is 2. The Morgan fingerprint density at radius 2 is 1.79 bits per heavy atom. The zero-order valence-corrected chi connectivity index (χ0v) is 13.2. The number of ketones is 1. The summed E-state index contributed by atoms with van der Waals surface area (Å²) in [7, 11) is 0. The molecule has 100 valence electrons. The first kappa shape index (κ1) is 20.6. The van der Waals surface area contributed by atoms with E-state index in [0.717, 1.165) is 5.56 Å². The van der Waals surface area contributed by atoms with Crippen molar-refractivity contribution in [1.82, 2.24) is 0 Å². The van der Waals surface area contributed by atoms with Gasteiger partial charge >= 0.3 is 29.6 Å². The molecule has 0 aliphatic rings. The van der Waals surface area contributed by atoms with Gasteiger partial charge in [-0.05, 0) is 5.56 Å². The van der Waals surface area contributed by atoms with Crippen LogP contribution in [-0.2, 0) is 16.0 Å². The van der Waals surface area contributed by atoms with Gasteiger partial charge in [0.05, 0.1) is 12.6 Å². The molecule has 5 nitrogen and oxygen atoms in total. The zero-order valence-electron chi connectivity index (χ0n) is 11.2. The molecule has 0 radical (unpaired) electrons. The molecule has 1 aromatic rings. The molecule has 0 amide bonds. The second kappa shape index (κ2) is 12.3. The van der Waals surface area contributed by atoms with Crippen LogP contribution in [0.15, 0.2) is 30.3 Å². The minimum atomic E-state index is -1.74. The molecule has 1 unspecified atom stereocenters. The van der Waals surface area contributed by atoms with Gasteiger partial charge in [-0.3, -0.25) is 4.79 Å². The molecular formula is C13H17NaO5. The first-order valence-electron chi connectivity index (χ1n) is 5.56. The van der Waals surface area contributed by atoms with E-state index >= 15 is 0 Å². The van der Waals surface area contributed by atoms with Gasteiger partial charge < -0.3 is 20.1 Å². The molecule has 0 aliphatic carbocycles. The number of aliphatic hydroxyl groups is 2. The number of carboxylic acid groups (broad SMARTS) is 1. The second-order valence-corrected chi connectivity index (χ2v) is 3.57. The SMILES string of the molecule is CCC(=O)Cc1ccccc1.O=C([O-])C(O)CO.[Na+]. The fourth-order valence-corrected chi connectivity index (χ4v) is 1.02. The first-order chi connectivity index (χ1) is 8.51. The second-order valence-electron chi connectivity index (χ2n) is 3.57. The third-order valence-electron chi connectivity index (χ3n) is 2.08. The van der Waals surface area contributed by atoms with Crippen molar-refractivity contribution in [2.24, 2.45) is 0 Å². The fourth-order valence-electron chi connectivity index (χ4n) is 1.02. The summed E-state index contributed by atoms with van der Waals surface area (Å²) in [5.74, 6) is -1.35. The van der Waals surface area contributed by atoms with E-state index < -0.39 is 18.7 Å². The first-order valence-corrected chi connectivity index (χ1v) is 5.56. The molecule has 2 N–H and O–H groups in total. The monoisotopic (exact) mass is 276 g/mol. The molecule has 0 aliphatic heterocycles. The number of carboxylic acids is 1. The number of hydrogen-bond donors (Lipinski definition) is 2. The quantitative estimate of drug-likeness (QED) is 0.540. The number of carbonyl (C=O) groups excluding carboxylic acids is 2. The van der Waals surface area contributed by atoms with E-state index in [1.54, 1.807) is 0 Å². The zero-order chi connectivity index (χ0) is 14.0. The molecule has 1 atom stereocenters. The Hall–Kier alpha value is -0.720. The molecular weight excluding hydrogens is 259 g/mol. The Labute approximate surface area is 134 Å². The molecule has 0 heterocycles. The summed E-state index contributed by atoms with van der Waals surface area (Å²) in [6, 6.07) is 9.83. The largest absolute Gasteiger partial charge is 1.00 e. The predicted molar refractivity (Wildman–Crippen MR) is 63.5 cm³/mol. The number of Topliss-reactive ketones (excluding diaryl/α,β-unsaturated/α-hetero) is 1. The summed E-state index contributed by atoms with van der Waals surface area (Å²) in [4.78, 5) is 20.4. The minimum Gasteiger partial charge on any atom is -0.547 e. The average Bonchev–Trinajstić information content (AvgIpc) is 2.39. The summed E-state index contributed by atoms with van der Waals surface area (Å²) >= 11 is 0. The average molecular weight is 276 g/mol. The minimum absolute atomic E-state index is 0. The number of hydrogen-bond acceptors (Lipinski definition) is 5. The maximum Gasteiger partial charge on any atom is 1.00 e. The number of rotatable bonds is 5. The van der Waals surface area contributed by atoms with Gasteiger partial charge in [0, 0.05) is 12.8 Å². The van der Waals surface area contributed by atoms with Gasteiger partial charge in [0.25, 0.3) is 0 Å². The summed E-state index contributed by atoms with van der Waals surface area (Å²) in [5.41, 5.74) is 1.11. The van der Waals surface area contributed by atoms with Gasteiger partial charge in [-0.1, -0.05) is 37.3 Å². The van der Waals surface area contributed by atoms with Crippen LogP contribution in [-0.4, -0.2) is 34.7 Å². The Morgan fingerprint density at radius 1 is 1.26 bits per heavy atom. The van der Waals surface area contributed by atoms with Crippen LogP contribution in [0.5, 0.6) is 0 Å². The van der Waals surface area contributed by atoms with Crippen LogP contribution in [0.25, 0.3) is 0 Å². The van der Waals surface area contributed by atoms with Crippen molar-refractivity contribution in [2.45, 2.75) is 25.9 Å². The maximum absolute atomic E-state index is 11.0. The standard InChI is InChI=1S/C10H12O.C3H6O4.Na/c1-2-10(11)8-9-6-4-3-5-7-9;4-1-2(5)3(6)7;/h3-7H,2,8H2,1H3;2,4-5H,1H2,(H,6,7);/q;;+1/p-1. The topological polar surface area (TPSA) is 97.7 Å². The fraction of sp³-hybridized carbons (Fsp3) is 0.385. The number of aliphatic hydroxyl groups excluding tert-OH is 2. The number of aliphatic carboxylic acids is 1. The van der Waals surface area contributed by atoms with Gasteiger partial charge in [0.2, 0.25) is 0 Å².